The number of aromatic nitrogens is 2. The summed E-state index contributed by atoms with van der Waals surface area (Å²) in [5.74, 6) is 0.169. The standard InChI is InChI=1S/C15H19N3O2S/c19-13-7-11-2-1-3-12(8-13)18(11)14(20)6-10-9-17-4-5-21-15(17)16-10/h4-5,9,11-13,19H,1-3,6-8H2/t11-,12+,13?. The fourth-order valence-electron chi connectivity index (χ4n) is 3.87. The van der Waals surface area contributed by atoms with E-state index in [0.29, 0.717) is 6.42 Å². The molecule has 2 aliphatic heterocycles. The number of aliphatic hydroxyl groups excluding tert-OH is 1. The molecule has 1 amide bonds. The van der Waals surface area contributed by atoms with Gasteiger partial charge in [0.1, 0.15) is 0 Å². The van der Waals surface area contributed by atoms with Crippen molar-refractivity contribution in [3.8, 4) is 0 Å². The molecule has 2 saturated heterocycles. The third kappa shape index (κ3) is 2.36. The summed E-state index contributed by atoms with van der Waals surface area (Å²) in [6, 6.07) is 0.451. The van der Waals surface area contributed by atoms with Crippen molar-refractivity contribution in [3.63, 3.8) is 0 Å². The number of nitrogens with zero attached hydrogens (tertiary/aromatic N) is 3. The summed E-state index contributed by atoms with van der Waals surface area (Å²) in [4.78, 5) is 20.2. The average Bonchev–Trinajstić information content (AvgIpc) is 2.98. The zero-order valence-electron chi connectivity index (χ0n) is 11.8. The molecule has 2 aliphatic rings. The van der Waals surface area contributed by atoms with Gasteiger partial charge in [0, 0.05) is 29.9 Å². The van der Waals surface area contributed by atoms with Crippen molar-refractivity contribution >= 4 is 22.2 Å². The van der Waals surface area contributed by atoms with Crippen LogP contribution in [0.4, 0.5) is 0 Å². The lowest BCUT2D eigenvalue weighted by Crippen LogP contribution is -2.56. The highest BCUT2D eigenvalue weighted by Gasteiger charge is 2.40. The summed E-state index contributed by atoms with van der Waals surface area (Å²) in [6.07, 6.45) is 8.74. The van der Waals surface area contributed by atoms with Crippen LogP contribution in [0.3, 0.4) is 0 Å². The Bertz CT molecular complexity index is 622. The molecule has 112 valence electrons. The van der Waals surface area contributed by atoms with Crippen LogP contribution in [0, 0.1) is 0 Å². The first-order valence-electron chi connectivity index (χ1n) is 7.61. The van der Waals surface area contributed by atoms with E-state index in [4.69, 9.17) is 0 Å². The number of carbonyl (C=O) groups excluding carboxylic acids is 1. The van der Waals surface area contributed by atoms with Crippen LogP contribution in [0.1, 0.15) is 37.8 Å². The van der Waals surface area contributed by atoms with Crippen molar-refractivity contribution in [3.05, 3.63) is 23.5 Å². The number of imidazole rings is 1. The Morgan fingerprint density at radius 2 is 2.14 bits per heavy atom. The number of fused-ring (bicyclic) bond motifs is 3. The third-order valence-corrected chi connectivity index (χ3v) is 5.48. The van der Waals surface area contributed by atoms with E-state index < -0.39 is 0 Å². The Labute approximate surface area is 127 Å². The highest BCUT2D eigenvalue weighted by molar-refractivity contribution is 7.15. The maximum absolute atomic E-state index is 12.7. The molecule has 5 nitrogen and oxygen atoms in total. The van der Waals surface area contributed by atoms with Gasteiger partial charge in [0.2, 0.25) is 5.91 Å². The van der Waals surface area contributed by atoms with Gasteiger partial charge in [-0.2, -0.15) is 0 Å². The molecule has 21 heavy (non-hydrogen) atoms. The van der Waals surface area contributed by atoms with Crippen molar-refractivity contribution in [2.45, 2.75) is 56.7 Å². The second kappa shape index (κ2) is 5.10. The Morgan fingerprint density at radius 1 is 1.38 bits per heavy atom. The van der Waals surface area contributed by atoms with Gasteiger partial charge >= 0.3 is 0 Å². The average molecular weight is 305 g/mol. The number of piperidine rings is 2. The summed E-state index contributed by atoms with van der Waals surface area (Å²) >= 11 is 1.58. The van der Waals surface area contributed by atoms with Gasteiger partial charge in [0.15, 0.2) is 4.96 Å². The van der Waals surface area contributed by atoms with E-state index in [-0.39, 0.29) is 24.1 Å². The minimum absolute atomic E-state index is 0.169. The number of amides is 1. The first-order chi connectivity index (χ1) is 10.2. The molecule has 3 atom stereocenters. The topological polar surface area (TPSA) is 57.8 Å². The van der Waals surface area contributed by atoms with Gasteiger partial charge in [-0.1, -0.05) is 0 Å². The van der Waals surface area contributed by atoms with E-state index in [1.807, 2.05) is 27.1 Å². The van der Waals surface area contributed by atoms with Gasteiger partial charge in [0.25, 0.3) is 0 Å². The Kier molecular flexibility index (Phi) is 3.23. The lowest BCUT2D eigenvalue weighted by molar-refractivity contribution is -0.143. The molecule has 2 aromatic heterocycles. The molecule has 0 saturated carbocycles. The molecule has 1 N–H and O–H groups in total. The van der Waals surface area contributed by atoms with Crippen LogP contribution in [0.2, 0.25) is 0 Å². The smallest absolute Gasteiger partial charge is 0.229 e. The monoisotopic (exact) mass is 305 g/mol. The van der Waals surface area contributed by atoms with Crippen molar-refractivity contribution < 1.29 is 9.90 Å². The van der Waals surface area contributed by atoms with E-state index >= 15 is 0 Å². The molecule has 2 aromatic rings. The second-order valence-electron chi connectivity index (χ2n) is 6.17. The van der Waals surface area contributed by atoms with Gasteiger partial charge in [0.05, 0.1) is 18.2 Å². The van der Waals surface area contributed by atoms with Crippen LogP contribution in [-0.4, -0.2) is 43.5 Å². The molecule has 2 fully saturated rings. The number of thiazole rings is 1. The quantitative estimate of drug-likeness (QED) is 0.921. The van der Waals surface area contributed by atoms with Crippen LogP contribution < -0.4 is 0 Å². The summed E-state index contributed by atoms with van der Waals surface area (Å²) in [6.45, 7) is 0. The third-order valence-electron chi connectivity index (χ3n) is 4.71. The van der Waals surface area contributed by atoms with Crippen molar-refractivity contribution in [1.82, 2.24) is 14.3 Å². The van der Waals surface area contributed by atoms with Crippen LogP contribution in [-0.2, 0) is 11.2 Å². The predicted octanol–water partition coefficient (Wildman–Crippen LogP) is 1.84. The molecular formula is C15H19N3O2S. The molecule has 6 heteroatoms. The van der Waals surface area contributed by atoms with E-state index in [0.717, 1.165) is 36.3 Å². The van der Waals surface area contributed by atoms with Crippen molar-refractivity contribution in [1.29, 1.82) is 0 Å². The number of hydrogen-bond acceptors (Lipinski definition) is 4. The summed E-state index contributed by atoms with van der Waals surface area (Å²) in [7, 11) is 0. The highest BCUT2D eigenvalue weighted by Crippen LogP contribution is 2.34. The molecule has 2 bridgehead atoms. The van der Waals surface area contributed by atoms with Crippen LogP contribution in [0.15, 0.2) is 17.8 Å². The number of aliphatic hydroxyl groups is 1. The molecule has 4 rings (SSSR count). The number of carbonyl (C=O) groups is 1. The number of hydrogen-bond donors (Lipinski definition) is 1. The van der Waals surface area contributed by atoms with E-state index in [9.17, 15) is 9.90 Å². The van der Waals surface area contributed by atoms with E-state index in [1.165, 1.54) is 6.42 Å². The van der Waals surface area contributed by atoms with Gasteiger partial charge in [-0.15, -0.1) is 11.3 Å². The largest absolute Gasteiger partial charge is 0.393 e. The second-order valence-corrected chi connectivity index (χ2v) is 7.04. The van der Waals surface area contributed by atoms with Gasteiger partial charge in [-0.3, -0.25) is 9.20 Å². The molecule has 4 heterocycles. The van der Waals surface area contributed by atoms with Gasteiger partial charge in [-0.25, -0.2) is 4.98 Å². The fraction of sp³-hybridized carbons (Fsp3) is 0.600. The lowest BCUT2D eigenvalue weighted by atomic mass is 9.82. The zero-order chi connectivity index (χ0) is 14.4. The molecule has 0 radical (unpaired) electrons. The zero-order valence-corrected chi connectivity index (χ0v) is 12.6. The SMILES string of the molecule is O=C(Cc1cn2ccsc2n1)N1[C@@H]2CCC[C@H]1CC(O)C2. The van der Waals surface area contributed by atoms with Crippen LogP contribution in [0.5, 0.6) is 0 Å². The van der Waals surface area contributed by atoms with E-state index in [1.54, 1.807) is 11.3 Å². The molecular weight excluding hydrogens is 286 g/mol. The Hall–Kier alpha value is -1.40. The Balaban J connectivity index is 1.52. The first kappa shape index (κ1) is 13.3. The van der Waals surface area contributed by atoms with Crippen molar-refractivity contribution in [2.24, 2.45) is 0 Å². The molecule has 0 aromatic carbocycles. The van der Waals surface area contributed by atoms with Crippen molar-refractivity contribution in [2.75, 3.05) is 0 Å². The van der Waals surface area contributed by atoms with Gasteiger partial charge < -0.3 is 10.0 Å². The lowest BCUT2D eigenvalue weighted by Gasteiger charge is -2.47. The number of rotatable bonds is 2. The highest BCUT2D eigenvalue weighted by atomic mass is 32.1. The molecule has 1 unspecified atom stereocenters. The minimum atomic E-state index is -0.234. The predicted molar refractivity (Wildman–Crippen MR) is 80.3 cm³/mol. The van der Waals surface area contributed by atoms with Gasteiger partial charge in [-0.05, 0) is 32.1 Å². The first-order valence-corrected chi connectivity index (χ1v) is 8.49. The summed E-state index contributed by atoms with van der Waals surface area (Å²) < 4.78 is 1.97. The minimum Gasteiger partial charge on any atom is -0.393 e. The fourth-order valence-corrected chi connectivity index (χ4v) is 4.59. The van der Waals surface area contributed by atoms with E-state index in [2.05, 4.69) is 4.98 Å². The maximum Gasteiger partial charge on any atom is 0.229 e. The molecule has 0 aliphatic carbocycles. The summed E-state index contributed by atoms with van der Waals surface area (Å²) in [5, 5.41) is 11.9. The van der Waals surface area contributed by atoms with Crippen LogP contribution >= 0.6 is 11.3 Å². The van der Waals surface area contributed by atoms with Crippen LogP contribution in [0.25, 0.3) is 4.96 Å². The normalized spacial score (nSPS) is 29.0. The maximum atomic E-state index is 12.7. The molecule has 0 spiro atoms. The summed E-state index contributed by atoms with van der Waals surface area (Å²) in [5.41, 5.74) is 0.844. The Morgan fingerprint density at radius 3 is 2.86 bits per heavy atom.